The molecular formula is C16H21N3O. The normalized spacial score (nSPS) is 15.3. The first-order chi connectivity index (χ1) is 9.78. The second-order valence-electron chi connectivity index (χ2n) is 5.35. The summed E-state index contributed by atoms with van der Waals surface area (Å²) in [4.78, 5) is 0. The van der Waals surface area contributed by atoms with Gasteiger partial charge in [0, 0.05) is 25.0 Å². The highest BCUT2D eigenvalue weighted by atomic mass is 16.5. The number of ether oxygens (including phenoxy) is 1. The second kappa shape index (κ2) is 5.77. The van der Waals surface area contributed by atoms with Gasteiger partial charge in [0.2, 0.25) is 0 Å². The molecule has 0 bridgehead atoms. The van der Waals surface area contributed by atoms with E-state index in [1.54, 1.807) is 0 Å². The predicted octanol–water partition coefficient (Wildman–Crippen LogP) is 2.34. The van der Waals surface area contributed by atoms with Crippen molar-refractivity contribution in [1.82, 2.24) is 15.1 Å². The molecule has 1 N–H and O–H groups in total. The van der Waals surface area contributed by atoms with Crippen LogP contribution in [0.2, 0.25) is 0 Å². The molecule has 4 nitrogen and oxygen atoms in total. The summed E-state index contributed by atoms with van der Waals surface area (Å²) < 4.78 is 7.43. The Labute approximate surface area is 119 Å². The third-order valence-corrected chi connectivity index (χ3v) is 4.11. The van der Waals surface area contributed by atoms with Gasteiger partial charge in [0.05, 0.1) is 13.2 Å². The number of fused-ring (bicyclic) bond motifs is 1. The molecule has 1 aliphatic rings. The van der Waals surface area contributed by atoms with E-state index in [0.29, 0.717) is 6.04 Å². The monoisotopic (exact) mass is 271 g/mol. The van der Waals surface area contributed by atoms with Crippen molar-refractivity contribution in [3.8, 4) is 0 Å². The lowest BCUT2D eigenvalue weighted by Crippen LogP contribution is -2.18. The van der Waals surface area contributed by atoms with Gasteiger partial charge in [0.1, 0.15) is 0 Å². The van der Waals surface area contributed by atoms with Crippen LogP contribution in [0.5, 0.6) is 0 Å². The molecule has 0 saturated heterocycles. The zero-order valence-electron chi connectivity index (χ0n) is 12.1. The summed E-state index contributed by atoms with van der Waals surface area (Å²) in [5.74, 6) is 0. The molecule has 20 heavy (non-hydrogen) atoms. The van der Waals surface area contributed by atoms with Crippen LogP contribution in [0, 0.1) is 0 Å². The maximum atomic E-state index is 5.49. The molecule has 0 radical (unpaired) electrons. The van der Waals surface area contributed by atoms with Crippen LogP contribution in [0.4, 0.5) is 0 Å². The first-order valence-corrected chi connectivity index (χ1v) is 7.11. The Bertz CT molecular complexity index is 591. The quantitative estimate of drug-likeness (QED) is 0.907. The van der Waals surface area contributed by atoms with Crippen molar-refractivity contribution in [2.75, 3.05) is 7.05 Å². The molecule has 0 saturated carbocycles. The summed E-state index contributed by atoms with van der Waals surface area (Å²) >= 11 is 0. The summed E-state index contributed by atoms with van der Waals surface area (Å²) in [5, 5.41) is 7.64. The smallest absolute Gasteiger partial charge is 0.0725 e. The van der Waals surface area contributed by atoms with Gasteiger partial charge in [-0.1, -0.05) is 18.2 Å². The molecule has 4 heteroatoms. The summed E-state index contributed by atoms with van der Waals surface area (Å²) in [6.45, 7) is 1.51. The molecular weight excluding hydrogens is 250 g/mol. The van der Waals surface area contributed by atoms with Crippen LogP contribution in [-0.4, -0.2) is 16.8 Å². The summed E-state index contributed by atoms with van der Waals surface area (Å²) in [7, 11) is 4.02. The zero-order valence-corrected chi connectivity index (χ0v) is 12.1. The van der Waals surface area contributed by atoms with Crippen LogP contribution in [0.1, 0.15) is 34.8 Å². The predicted molar refractivity (Wildman–Crippen MR) is 78.3 cm³/mol. The van der Waals surface area contributed by atoms with Gasteiger partial charge >= 0.3 is 0 Å². The molecule has 0 aliphatic carbocycles. The number of aromatic nitrogens is 2. The van der Waals surface area contributed by atoms with Gasteiger partial charge in [0.15, 0.2) is 0 Å². The van der Waals surface area contributed by atoms with Crippen molar-refractivity contribution in [2.45, 2.75) is 32.1 Å². The van der Waals surface area contributed by atoms with E-state index in [0.717, 1.165) is 26.1 Å². The molecule has 106 valence electrons. The van der Waals surface area contributed by atoms with Gasteiger partial charge in [-0.25, -0.2) is 0 Å². The van der Waals surface area contributed by atoms with E-state index in [1.165, 1.54) is 22.4 Å². The van der Waals surface area contributed by atoms with E-state index in [1.807, 2.05) is 25.0 Å². The Hall–Kier alpha value is -1.65. The van der Waals surface area contributed by atoms with Crippen LogP contribution < -0.4 is 5.32 Å². The van der Waals surface area contributed by atoms with E-state index in [4.69, 9.17) is 4.74 Å². The first kappa shape index (κ1) is 13.3. The molecule has 2 aromatic rings. The average Bonchev–Trinajstić information content (AvgIpc) is 3.08. The molecule has 0 fully saturated rings. The molecule has 3 rings (SSSR count). The number of hydrogen-bond acceptors (Lipinski definition) is 3. The SMILES string of the molecule is CNC(CCc1ccnn1C)c1ccc2c(c1)COC2. The number of rotatable bonds is 5. The zero-order chi connectivity index (χ0) is 13.9. The standard InChI is InChI=1S/C16H21N3O/c1-17-16(6-5-15-7-8-18-19(15)2)12-3-4-13-10-20-11-14(13)9-12/h3-4,7-9,16-17H,5-6,10-11H2,1-2H3. The average molecular weight is 271 g/mol. The van der Waals surface area contributed by atoms with E-state index >= 15 is 0 Å². The minimum Gasteiger partial charge on any atom is -0.372 e. The Morgan fingerprint density at radius 3 is 2.90 bits per heavy atom. The van der Waals surface area contributed by atoms with Crippen molar-refractivity contribution in [2.24, 2.45) is 7.05 Å². The van der Waals surface area contributed by atoms with E-state index in [9.17, 15) is 0 Å². The molecule has 2 heterocycles. The largest absolute Gasteiger partial charge is 0.372 e. The Morgan fingerprint density at radius 1 is 1.30 bits per heavy atom. The number of nitrogens with zero attached hydrogens (tertiary/aromatic N) is 2. The fraction of sp³-hybridized carbons (Fsp3) is 0.438. The summed E-state index contributed by atoms with van der Waals surface area (Å²) in [6.07, 6.45) is 3.95. The van der Waals surface area contributed by atoms with Crippen molar-refractivity contribution < 1.29 is 4.74 Å². The molecule has 1 unspecified atom stereocenters. The fourth-order valence-corrected chi connectivity index (χ4v) is 2.83. The maximum absolute atomic E-state index is 5.49. The van der Waals surface area contributed by atoms with E-state index in [2.05, 4.69) is 34.7 Å². The van der Waals surface area contributed by atoms with Crippen LogP contribution in [0.25, 0.3) is 0 Å². The third-order valence-electron chi connectivity index (χ3n) is 4.11. The van der Waals surface area contributed by atoms with E-state index in [-0.39, 0.29) is 0 Å². The lowest BCUT2D eigenvalue weighted by molar-refractivity contribution is 0.134. The lowest BCUT2D eigenvalue weighted by atomic mass is 9.97. The highest BCUT2D eigenvalue weighted by Gasteiger charge is 2.15. The molecule has 0 spiro atoms. The minimum atomic E-state index is 0.371. The molecule has 1 aromatic heterocycles. The molecule has 0 amide bonds. The number of benzene rings is 1. The topological polar surface area (TPSA) is 39.1 Å². The van der Waals surface area contributed by atoms with E-state index < -0.39 is 0 Å². The second-order valence-corrected chi connectivity index (χ2v) is 5.35. The summed E-state index contributed by atoms with van der Waals surface area (Å²) in [6, 6.07) is 9.16. The van der Waals surface area contributed by atoms with Gasteiger partial charge in [-0.15, -0.1) is 0 Å². The Kier molecular flexibility index (Phi) is 3.85. The highest BCUT2D eigenvalue weighted by molar-refractivity contribution is 5.34. The maximum Gasteiger partial charge on any atom is 0.0725 e. The van der Waals surface area contributed by atoms with Gasteiger partial charge in [0.25, 0.3) is 0 Å². The highest BCUT2D eigenvalue weighted by Crippen LogP contribution is 2.26. The lowest BCUT2D eigenvalue weighted by Gasteiger charge is -2.17. The first-order valence-electron chi connectivity index (χ1n) is 7.11. The van der Waals surface area contributed by atoms with Crippen molar-refractivity contribution >= 4 is 0 Å². The molecule has 1 aliphatic heterocycles. The number of hydrogen-bond donors (Lipinski definition) is 1. The number of aryl methyl sites for hydroxylation is 2. The van der Waals surface area contributed by atoms with Gasteiger partial charge in [-0.3, -0.25) is 4.68 Å². The van der Waals surface area contributed by atoms with Gasteiger partial charge in [-0.2, -0.15) is 5.10 Å². The van der Waals surface area contributed by atoms with Crippen LogP contribution >= 0.6 is 0 Å². The van der Waals surface area contributed by atoms with Gasteiger partial charge < -0.3 is 10.1 Å². The minimum absolute atomic E-state index is 0.371. The van der Waals surface area contributed by atoms with Crippen molar-refractivity contribution in [3.05, 3.63) is 52.8 Å². The van der Waals surface area contributed by atoms with Crippen LogP contribution in [0.3, 0.4) is 0 Å². The molecule has 1 atom stereocenters. The van der Waals surface area contributed by atoms with Crippen molar-refractivity contribution in [3.63, 3.8) is 0 Å². The summed E-state index contributed by atoms with van der Waals surface area (Å²) in [5.41, 5.74) is 5.28. The van der Waals surface area contributed by atoms with Crippen molar-refractivity contribution in [1.29, 1.82) is 0 Å². The van der Waals surface area contributed by atoms with Gasteiger partial charge in [-0.05, 0) is 42.6 Å². The third kappa shape index (κ3) is 2.62. The number of nitrogens with one attached hydrogen (secondary N) is 1. The van der Waals surface area contributed by atoms with Crippen LogP contribution in [0.15, 0.2) is 30.5 Å². The fourth-order valence-electron chi connectivity index (χ4n) is 2.83. The molecule has 1 aromatic carbocycles. The van der Waals surface area contributed by atoms with Crippen LogP contribution in [-0.2, 0) is 31.4 Å². The Morgan fingerprint density at radius 2 is 2.15 bits per heavy atom. The Balaban J connectivity index is 1.71.